The van der Waals surface area contributed by atoms with Crippen molar-refractivity contribution in [2.75, 3.05) is 25.2 Å². The Bertz CT molecular complexity index is 669. The molecule has 1 N–H and O–H groups in total. The summed E-state index contributed by atoms with van der Waals surface area (Å²) in [6.07, 6.45) is 5.81. The standard InChI is InChI=1S/C20H32O6S/c1-3-14-27(23,24)15-8-13-26-18-12-11-17(19(16-18)25-2)9-6-4-5-7-10-20(21)22/h11-12,16H,3-10,13-15H2,1-2H3,(H,21,22). The summed E-state index contributed by atoms with van der Waals surface area (Å²) in [5, 5.41) is 8.63. The molecule has 6 nitrogen and oxygen atoms in total. The Morgan fingerprint density at radius 1 is 1.07 bits per heavy atom. The number of sulfone groups is 1. The fourth-order valence-electron chi connectivity index (χ4n) is 2.85. The third-order valence-corrected chi connectivity index (χ3v) is 6.17. The Hall–Kier alpha value is -1.76. The van der Waals surface area contributed by atoms with Gasteiger partial charge < -0.3 is 14.6 Å². The van der Waals surface area contributed by atoms with Crippen LogP contribution in [0.1, 0.15) is 57.4 Å². The molecule has 154 valence electrons. The van der Waals surface area contributed by atoms with Crippen LogP contribution < -0.4 is 9.47 Å². The Kier molecular flexibility index (Phi) is 10.9. The molecular formula is C20H32O6S. The average molecular weight is 401 g/mol. The number of benzene rings is 1. The van der Waals surface area contributed by atoms with Crippen molar-refractivity contribution < 1.29 is 27.8 Å². The second-order valence-corrected chi connectivity index (χ2v) is 8.94. The predicted octanol–water partition coefficient (Wildman–Crippen LogP) is 3.87. The van der Waals surface area contributed by atoms with Gasteiger partial charge in [0.1, 0.15) is 21.3 Å². The van der Waals surface area contributed by atoms with Crippen molar-refractivity contribution >= 4 is 15.8 Å². The Balaban J connectivity index is 2.39. The van der Waals surface area contributed by atoms with Crippen molar-refractivity contribution in [2.45, 2.75) is 58.3 Å². The van der Waals surface area contributed by atoms with Crippen molar-refractivity contribution in [1.82, 2.24) is 0 Å². The van der Waals surface area contributed by atoms with Gasteiger partial charge in [-0.3, -0.25) is 4.79 Å². The highest BCUT2D eigenvalue weighted by Crippen LogP contribution is 2.26. The molecule has 0 aliphatic rings. The molecule has 0 aromatic heterocycles. The van der Waals surface area contributed by atoms with Gasteiger partial charge in [-0.15, -0.1) is 0 Å². The number of hydrogen-bond acceptors (Lipinski definition) is 5. The molecule has 1 rings (SSSR count). The average Bonchev–Trinajstić information content (AvgIpc) is 2.62. The molecule has 0 heterocycles. The molecule has 1 aromatic rings. The summed E-state index contributed by atoms with van der Waals surface area (Å²) in [5.74, 6) is 1.07. The lowest BCUT2D eigenvalue weighted by Crippen LogP contribution is -2.13. The summed E-state index contributed by atoms with van der Waals surface area (Å²) in [4.78, 5) is 10.5. The molecule has 1 aromatic carbocycles. The van der Waals surface area contributed by atoms with Crippen molar-refractivity contribution in [3.05, 3.63) is 23.8 Å². The highest BCUT2D eigenvalue weighted by atomic mass is 32.2. The van der Waals surface area contributed by atoms with Gasteiger partial charge in [-0.1, -0.05) is 25.8 Å². The molecule has 0 atom stereocenters. The van der Waals surface area contributed by atoms with Gasteiger partial charge in [-0.05, 0) is 43.7 Å². The number of hydrogen-bond donors (Lipinski definition) is 1. The molecule has 0 radical (unpaired) electrons. The van der Waals surface area contributed by atoms with Crippen molar-refractivity contribution in [1.29, 1.82) is 0 Å². The summed E-state index contributed by atoms with van der Waals surface area (Å²) in [6, 6.07) is 5.68. The van der Waals surface area contributed by atoms with Crippen molar-refractivity contribution in [3.8, 4) is 11.5 Å². The first-order valence-corrected chi connectivity index (χ1v) is 11.4. The van der Waals surface area contributed by atoms with E-state index in [2.05, 4.69) is 0 Å². The smallest absolute Gasteiger partial charge is 0.303 e. The van der Waals surface area contributed by atoms with Gasteiger partial charge in [-0.2, -0.15) is 0 Å². The third-order valence-electron chi connectivity index (χ3n) is 4.23. The first-order chi connectivity index (χ1) is 12.9. The lowest BCUT2D eigenvalue weighted by atomic mass is 10.0. The van der Waals surface area contributed by atoms with Gasteiger partial charge in [0, 0.05) is 18.2 Å². The summed E-state index contributed by atoms with van der Waals surface area (Å²) < 4.78 is 34.5. The van der Waals surface area contributed by atoms with Gasteiger partial charge in [0.05, 0.1) is 19.5 Å². The molecular weight excluding hydrogens is 368 g/mol. The number of methoxy groups -OCH3 is 1. The van der Waals surface area contributed by atoms with Crippen LogP contribution in [-0.2, 0) is 21.1 Å². The maximum absolute atomic E-state index is 11.7. The van der Waals surface area contributed by atoms with E-state index in [1.807, 2.05) is 25.1 Å². The van der Waals surface area contributed by atoms with E-state index < -0.39 is 15.8 Å². The van der Waals surface area contributed by atoms with Gasteiger partial charge in [0.15, 0.2) is 0 Å². The lowest BCUT2D eigenvalue weighted by molar-refractivity contribution is -0.137. The molecule has 0 saturated carbocycles. The molecule has 0 saturated heterocycles. The van der Waals surface area contributed by atoms with Crippen LogP contribution in [0, 0.1) is 0 Å². The van der Waals surface area contributed by atoms with E-state index in [4.69, 9.17) is 14.6 Å². The topological polar surface area (TPSA) is 89.9 Å². The number of rotatable bonds is 15. The third kappa shape index (κ3) is 10.2. The van der Waals surface area contributed by atoms with E-state index in [0.717, 1.165) is 37.0 Å². The van der Waals surface area contributed by atoms with Gasteiger partial charge >= 0.3 is 5.97 Å². The van der Waals surface area contributed by atoms with E-state index in [1.165, 1.54) is 0 Å². The quantitative estimate of drug-likeness (QED) is 0.450. The molecule has 0 amide bonds. The van der Waals surface area contributed by atoms with Gasteiger partial charge in [0.25, 0.3) is 0 Å². The first-order valence-electron chi connectivity index (χ1n) is 9.60. The SMILES string of the molecule is CCCS(=O)(=O)CCCOc1ccc(CCCCCCC(=O)O)c(OC)c1. The molecule has 7 heteroatoms. The van der Waals surface area contributed by atoms with E-state index >= 15 is 0 Å². The second kappa shape index (κ2) is 12.6. The highest BCUT2D eigenvalue weighted by molar-refractivity contribution is 7.91. The Morgan fingerprint density at radius 3 is 2.48 bits per heavy atom. The molecule has 0 aliphatic carbocycles. The van der Waals surface area contributed by atoms with Crippen LogP contribution in [0.3, 0.4) is 0 Å². The molecule has 0 bridgehead atoms. The minimum absolute atomic E-state index is 0.151. The fraction of sp³-hybridized carbons (Fsp3) is 0.650. The van der Waals surface area contributed by atoms with Crippen LogP contribution in [0.4, 0.5) is 0 Å². The zero-order valence-electron chi connectivity index (χ0n) is 16.4. The molecule has 0 spiro atoms. The number of unbranched alkanes of at least 4 members (excludes halogenated alkanes) is 3. The Labute approximate surface area is 162 Å². The zero-order valence-corrected chi connectivity index (χ0v) is 17.2. The second-order valence-electron chi connectivity index (χ2n) is 6.64. The largest absolute Gasteiger partial charge is 0.496 e. The fourth-order valence-corrected chi connectivity index (χ4v) is 4.23. The molecule has 0 aliphatic heterocycles. The van der Waals surface area contributed by atoms with Crippen molar-refractivity contribution in [2.24, 2.45) is 0 Å². The Morgan fingerprint density at radius 2 is 1.81 bits per heavy atom. The normalized spacial score (nSPS) is 11.3. The summed E-state index contributed by atoms with van der Waals surface area (Å²) in [6.45, 7) is 2.22. The number of carboxylic acids is 1. The highest BCUT2D eigenvalue weighted by Gasteiger charge is 2.10. The maximum Gasteiger partial charge on any atom is 0.303 e. The van der Waals surface area contributed by atoms with E-state index in [1.54, 1.807) is 7.11 Å². The monoisotopic (exact) mass is 400 g/mol. The predicted molar refractivity (Wildman–Crippen MR) is 106 cm³/mol. The maximum atomic E-state index is 11.7. The minimum atomic E-state index is -2.96. The van der Waals surface area contributed by atoms with Gasteiger partial charge in [-0.25, -0.2) is 8.42 Å². The van der Waals surface area contributed by atoms with Gasteiger partial charge in [0.2, 0.25) is 0 Å². The van der Waals surface area contributed by atoms with Crippen LogP contribution in [-0.4, -0.2) is 44.7 Å². The summed E-state index contributed by atoms with van der Waals surface area (Å²) in [5.41, 5.74) is 1.09. The number of aryl methyl sites for hydroxylation is 1. The van der Waals surface area contributed by atoms with Crippen LogP contribution in [0.25, 0.3) is 0 Å². The molecule has 0 fully saturated rings. The summed E-state index contributed by atoms with van der Waals surface area (Å²) in [7, 11) is -1.35. The van der Waals surface area contributed by atoms with Crippen LogP contribution in [0.2, 0.25) is 0 Å². The number of carbonyl (C=O) groups is 1. The van der Waals surface area contributed by atoms with Crippen LogP contribution in [0.15, 0.2) is 18.2 Å². The number of aliphatic carboxylic acids is 1. The van der Waals surface area contributed by atoms with E-state index in [0.29, 0.717) is 31.6 Å². The lowest BCUT2D eigenvalue weighted by Gasteiger charge is -2.12. The first kappa shape index (κ1) is 23.3. The van der Waals surface area contributed by atoms with E-state index in [9.17, 15) is 13.2 Å². The summed E-state index contributed by atoms with van der Waals surface area (Å²) >= 11 is 0. The van der Waals surface area contributed by atoms with Crippen LogP contribution in [0.5, 0.6) is 11.5 Å². The molecule has 27 heavy (non-hydrogen) atoms. The number of ether oxygens (including phenoxy) is 2. The van der Waals surface area contributed by atoms with E-state index in [-0.39, 0.29) is 17.9 Å². The number of carboxylic acid groups (broad SMARTS) is 1. The zero-order chi connectivity index (χ0) is 20.1. The van der Waals surface area contributed by atoms with Crippen molar-refractivity contribution in [3.63, 3.8) is 0 Å². The molecule has 0 unspecified atom stereocenters. The minimum Gasteiger partial charge on any atom is -0.496 e. The van der Waals surface area contributed by atoms with Crippen LogP contribution >= 0.6 is 0 Å².